The van der Waals surface area contributed by atoms with Crippen LogP contribution in [0.1, 0.15) is 25.7 Å². The molecule has 2 fully saturated rings. The number of hydrogen-bond donors (Lipinski definition) is 6. The van der Waals surface area contributed by atoms with Crippen molar-refractivity contribution in [3.63, 3.8) is 0 Å². The van der Waals surface area contributed by atoms with Gasteiger partial charge in [0.05, 0.1) is 12.1 Å². The molecule has 180 valence electrons. The van der Waals surface area contributed by atoms with E-state index in [1.165, 1.54) is 5.01 Å². The van der Waals surface area contributed by atoms with E-state index < -0.39 is 17.5 Å². The molecule has 0 aromatic rings. The zero-order chi connectivity index (χ0) is 24.0. The van der Waals surface area contributed by atoms with E-state index in [1.807, 2.05) is 4.90 Å². The Balaban J connectivity index is 1.69. The number of carbonyl (C=O) groups is 2. The zero-order valence-corrected chi connectivity index (χ0v) is 18.6. The average Bonchev–Trinajstić information content (AvgIpc) is 3.09. The van der Waals surface area contributed by atoms with E-state index in [9.17, 15) is 9.59 Å². The molecule has 2 amide bonds. The summed E-state index contributed by atoms with van der Waals surface area (Å²) in [5, 5.41) is 20.6. The number of hydrazine groups is 1. The fraction of sp³-hybridized carbons (Fsp3) is 0.625. The summed E-state index contributed by atoms with van der Waals surface area (Å²) in [5.41, 5.74) is 5.08. The highest BCUT2D eigenvalue weighted by Gasteiger charge is 2.44. The van der Waals surface area contributed by atoms with Crippen molar-refractivity contribution in [2.24, 2.45) is 53.9 Å². The molecule has 3 aliphatic rings. The maximum Gasteiger partial charge on any atom is 0.279 e. The van der Waals surface area contributed by atoms with Crippen molar-refractivity contribution in [3.05, 3.63) is 11.0 Å². The molecule has 10 N–H and O–H groups in total. The lowest BCUT2D eigenvalue weighted by molar-refractivity contribution is -0.132. The molecule has 0 saturated carbocycles. The van der Waals surface area contributed by atoms with Crippen LogP contribution in [0.25, 0.3) is 0 Å². The zero-order valence-electron chi connectivity index (χ0n) is 17.8. The van der Waals surface area contributed by atoms with E-state index in [0.717, 1.165) is 0 Å². The number of nitrogens with zero attached hydrogens (tertiary/aromatic N) is 8. The fourth-order valence-corrected chi connectivity index (χ4v) is 3.99. The lowest BCUT2D eigenvalue weighted by atomic mass is 9.88. The number of piperidine rings is 1. The van der Waals surface area contributed by atoms with Gasteiger partial charge in [-0.1, -0.05) is 22.0 Å². The Bertz CT molecular complexity index is 920. The van der Waals surface area contributed by atoms with Crippen molar-refractivity contribution < 1.29 is 9.59 Å². The predicted molar refractivity (Wildman–Crippen MR) is 119 cm³/mol. The second-order valence-corrected chi connectivity index (χ2v) is 8.07. The number of carbonyl (C=O) groups excluding carboxylic acids is 2. The summed E-state index contributed by atoms with van der Waals surface area (Å²) in [6.07, 6.45) is 2.40. The fourth-order valence-electron chi connectivity index (χ4n) is 3.80. The number of amidine groups is 1. The highest BCUT2D eigenvalue weighted by Crippen LogP contribution is 2.27. The molecule has 1 spiro atoms. The van der Waals surface area contributed by atoms with Crippen LogP contribution < -0.4 is 33.9 Å². The van der Waals surface area contributed by atoms with E-state index in [1.54, 1.807) is 0 Å². The van der Waals surface area contributed by atoms with Gasteiger partial charge in [-0.25, -0.2) is 10.8 Å². The van der Waals surface area contributed by atoms with Gasteiger partial charge < -0.3 is 33.0 Å². The Morgan fingerprint density at radius 1 is 1.21 bits per heavy atom. The first kappa shape index (κ1) is 24.3. The van der Waals surface area contributed by atoms with Crippen molar-refractivity contribution in [1.29, 1.82) is 0 Å². The third-order valence-electron chi connectivity index (χ3n) is 5.51. The molecular weight excluding hydrogens is 456 g/mol. The maximum absolute atomic E-state index is 12.9. The predicted octanol–water partition coefficient (Wildman–Crippen LogP) is -1.86. The summed E-state index contributed by atoms with van der Waals surface area (Å²) in [6, 6.07) is -1.18. The molecule has 3 rings (SSSR count). The van der Waals surface area contributed by atoms with Gasteiger partial charge in [-0.2, -0.15) is 4.99 Å². The van der Waals surface area contributed by atoms with Crippen molar-refractivity contribution in [2.75, 3.05) is 26.2 Å². The Labute approximate surface area is 194 Å². The summed E-state index contributed by atoms with van der Waals surface area (Å²) in [7, 11) is 0. The molecule has 0 radical (unpaired) electrons. The summed E-state index contributed by atoms with van der Waals surface area (Å²) in [6.45, 7) is 2.05. The summed E-state index contributed by atoms with van der Waals surface area (Å²) < 4.78 is 0. The van der Waals surface area contributed by atoms with Gasteiger partial charge >= 0.3 is 0 Å². The van der Waals surface area contributed by atoms with Crippen molar-refractivity contribution in [2.45, 2.75) is 37.3 Å². The third-order valence-corrected chi connectivity index (χ3v) is 5.79. The highest BCUT2D eigenvalue weighted by molar-refractivity contribution is 6.30. The average molecular weight is 483 g/mol. The van der Waals surface area contributed by atoms with Gasteiger partial charge in [0.2, 0.25) is 17.7 Å². The van der Waals surface area contributed by atoms with Gasteiger partial charge in [0, 0.05) is 19.5 Å². The lowest BCUT2D eigenvalue weighted by Crippen LogP contribution is -2.54. The van der Waals surface area contributed by atoms with Crippen LogP contribution in [0.5, 0.6) is 0 Å². The summed E-state index contributed by atoms with van der Waals surface area (Å²) in [4.78, 5) is 35.0. The van der Waals surface area contributed by atoms with Gasteiger partial charge in [-0.05, 0) is 25.8 Å². The minimum absolute atomic E-state index is 0.0779. The van der Waals surface area contributed by atoms with Crippen LogP contribution in [-0.4, -0.2) is 71.3 Å². The van der Waals surface area contributed by atoms with Crippen LogP contribution in [0.2, 0.25) is 0 Å². The Morgan fingerprint density at radius 3 is 2.55 bits per heavy atom. The highest BCUT2D eigenvalue weighted by atomic mass is 35.5. The smallest absolute Gasteiger partial charge is 0.279 e. The van der Waals surface area contributed by atoms with Crippen LogP contribution in [0.3, 0.4) is 0 Å². The van der Waals surface area contributed by atoms with Crippen LogP contribution in [-0.2, 0) is 9.59 Å². The number of rotatable bonds is 5. The molecular formula is C16H27ClN14O2. The standard InChI is InChI=1S/C16H27ClN14O2/c17-11-13(27-29-20)23-12(26-28-19)10(22-11)14(33)24-15-25-16(8-31(15)21)3-6-30(7-4-16)9(32)2-1-5-18/h10,22H,1-8,18,21H2,(H2,20,27)(H2,19,23,26)(H,24,25,33). The second kappa shape index (κ2) is 10.5. The number of likely N-dealkylation sites (tertiary alicyclic amines) is 1. The number of hydrogen-bond acceptors (Lipinski definition) is 10. The SMILES string of the molecule is NCCCC(=O)N1CCC2(CC1)CN(N)/C(=N\C(=O)C1NC(Cl)=C(N=NN)N=C1N=NN)N2. The summed E-state index contributed by atoms with van der Waals surface area (Å²) >= 11 is 6.06. The van der Waals surface area contributed by atoms with Crippen LogP contribution in [0, 0.1) is 0 Å². The number of guanidine groups is 1. The van der Waals surface area contributed by atoms with Gasteiger partial charge in [0.25, 0.3) is 5.91 Å². The number of amides is 2. The molecule has 0 aliphatic carbocycles. The molecule has 33 heavy (non-hydrogen) atoms. The van der Waals surface area contributed by atoms with E-state index in [0.29, 0.717) is 51.9 Å². The first-order chi connectivity index (χ1) is 15.8. The van der Waals surface area contributed by atoms with E-state index in [-0.39, 0.29) is 28.7 Å². The van der Waals surface area contributed by atoms with Gasteiger partial charge in [-0.15, -0.1) is 10.2 Å². The van der Waals surface area contributed by atoms with E-state index in [4.69, 9.17) is 34.9 Å². The first-order valence-electron chi connectivity index (χ1n) is 10.2. The third kappa shape index (κ3) is 5.52. The quantitative estimate of drug-likeness (QED) is 0.111. The number of nitrogens with two attached hydrogens (primary N) is 4. The number of aliphatic imine (C=N–C) groups is 2. The van der Waals surface area contributed by atoms with Crippen molar-refractivity contribution >= 4 is 35.2 Å². The van der Waals surface area contributed by atoms with Gasteiger partial charge in [0.15, 0.2) is 17.0 Å². The molecule has 16 nitrogen and oxygen atoms in total. The van der Waals surface area contributed by atoms with E-state index >= 15 is 0 Å². The number of nitrogens with one attached hydrogen (secondary N) is 2. The minimum atomic E-state index is -1.18. The largest absolute Gasteiger partial charge is 0.355 e. The van der Waals surface area contributed by atoms with Crippen molar-refractivity contribution in [1.82, 2.24) is 20.5 Å². The molecule has 17 heteroatoms. The van der Waals surface area contributed by atoms with Crippen molar-refractivity contribution in [3.8, 4) is 0 Å². The van der Waals surface area contributed by atoms with E-state index in [2.05, 4.69) is 41.3 Å². The lowest BCUT2D eigenvalue weighted by Gasteiger charge is -2.38. The molecule has 0 bridgehead atoms. The molecule has 1 unspecified atom stereocenters. The topological polar surface area (TPSA) is 243 Å². The van der Waals surface area contributed by atoms with Gasteiger partial charge in [0.1, 0.15) is 0 Å². The normalized spacial score (nSPS) is 24.0. The Kier molecular flexibility index (Phi) is 7.72. The van der Waals surface area contributed by atoms with Crippen LogP contribution in [0.15, 0.2) is 41.6 Å². The van der Waals surface area contributed by atoms with Crippen LogP contribution >= 0.6 is 11.6 Å². The molecule has 3 heterocycles. The molecule has 2 saturated heterocycles. The minimum Gasteiger partial charge on any atom is -0.355 e. The first-order valence-corrected chi connectivity index (χ1v) is 10.6. The molecule has 0 aromatic heterocycles. The summed E-state index contributed by atoms with van der Waals surface area (Å²) in [5.74, 6) is 15.6. The Hall–Kier alpha value is -3.37. The molecule has 0 aromatic carbocycles. The Morgan fingerprint density at radius 2 is 1.91 bits per heavy atom. The van der Waals surface area contributed by atoms with Gasteiger partial charge in [-0.3, -0.25) is 14.6 Å². The molecule has 1 atom stereocenters. The number of halogens is 1. The van der Waals surface area contributed by atoms with Crippen LogP contribution in [0.4, 0.5) is 0 Å². The monoisotopic (exact) mass is 482 g/mol. The maximum atomic E-state index is 12.9. The molecule has 3 aliphatic heterocycles. The second-order valence-electron chi connectivity index (χ2n) is 7.70.